The second kappa shape index (κ2) is 8.63. The second-order valence-electron chi connectivity index (χ2n) is 8.06. The van der Waals surface area contributed by atoms with Crippen molar-refractivity contribution in [3.05, 3.63) is 70.2 Å². The highest BCUT2D eigenvalue weighted by Gasteiger charge is 2.36. The summed E-state index contributed by atoms with van der Waals surface area (Å²) in [6, 6.07) is 5.68. The van der Waals surface area contributed by atoms with E-state index < -0.39 is 27.6 Å². The molecule has 1 aliphatic carbocycles. The SMILES string of the molecule is C[C@H](/C=C/S(C)(=O)=O)NC(=O)c1cc2cnn([C@@H](c3cccc(F)c3Cl)C3CC3)c2cn1. The zero-order valence-electron chi connectivity index (χ0n) is 17.5. The molecule has 1 amide bonds. The summed E-state index contributed by atoms with van der Waals surface area (Å²) in [5.74, 6) is -0.609. The Morgan fingerprint density at radius 2 is 2.09 bits per heavy atom. The minimum Gasteiger partial charge on any atom is -0.345 e. The van der Waals surface area contributed by atoms with Crippen molar-refractivity contribution in [3.8, 4) is 0 Å². The summed E-state index contributed by atoms with van der Waals surface area (Å²) in [4.78, 5) is 16.8. The van der Waals surface area contributed by atoms with Gasteiger partial charge in [-0.15, -0.1) is 0 Å². The van der Waals surface area contributed by atoms with Crippen molar-refractivity contribution in [1.82, 2.24) is 20.1 Å². The van der Waals surface area contributed by atoms with Crippen LogP contribution in [-0.4, -0.2) is 41.4 Å². The molecule has 0 unspecified atom stereocenters. The molecule has 1 saturated carbocycles. The molecule has 0 radical (unpaired) electrons. The maximum absolute atomic E-state index is 14.1. The number of rotatable bonds is 7. The number of sulfone groups is 1. The number of nitrogens with one attached hydrogen (secondary N) is 1. The molecule has 1 aromatic carbocycles. The van der Waals surface area contributed by atoms with E-state index in [2.05, 4.69) is 15.4 Å². The van der Waals surface area contributed by atoms with Gasteiger partial charge in [-0.05, 0) is 43.4 Å². The number of halogens is 2. The first kappa shape index (κ1) is 22.4. The Bertz CT molecular complexity index is 1320. The van der Waals surface area contributed by atoms with E-state index in [1.165, 1.54) is 12.1 Å². The fraction of sp³-hybridized carbons (Fsp3) is 0.318. The van der Waals surface area contributed by atoms with Crippen molar-refractivity contribution in [2.24, 2.45) is 5.92 Å². The van der Waals surface area contributed by atoms with Crippen LogP contribution in [-0.2, 0) is 9.84 Å². The predicted octanol–water partition coefficient (Wildman–Crippen LogP) is 3.90. The van der Waals surface area contributed by atoms with Crippen LogP contribution in [0.3, 0.4) is 0 Å². The smallest absolute Gasteiger partial charge is 0.270 e. The van der Waals surface area contributed by atoms with Gasteiger partial charge in [-0.3, -0.25) is 9.48 Å². The first-order valence-electron chi connectivity index (χ1n) is 10.1. The number of hydrogen-bond donors (Lipinski definition) is 1. The van der Waals surface area contributed by atoms with Gasteiger partial charge in [-0.2, -0.15) is 5.10 Å². The lowest BCUT2D eigenvalue weighted by Crippen LogP contribution is -2.31. The van der Waals surface area contributed by atoms with Gasteiger partial charge in [-0.25, -0.2) is 17.8 Å². The fourth-order valence-electron chi connectivity index (χ4n) is 3.63. The first-order chi connectivity index (χ1) is 15.1. The number of carbonyl (C=O) groups excluding carboxylic acids is 1. The van der Waals surface area contributed by atoms with E-state index in [1.54, 1.807) is 36.1 Å². The van der Waals surface area contributed by atoms with Crippen molar-refractivity contribution < 1.29 is 17.6 Å². The van der Waals surface area contributed by atoms with Crippen LogP contribution in [0.15, 0.2) is 48.1 Å². The van der Waals surface area contributed by atoms with Gasteiger partial charge in [0, 0.05) is 23.1 Å². The molecule has 32 heavy (non-hydrogen) atoms. The number of benzene rings is 1. The molecule has 7 nitrogen and oxygen atoms in total. The molecule has 2 atom stereocenters. The van der Waals surface area contributed by atoms with E-state index in [4.69, 9.17) is 11.6 Å². The van der Waals surface area contributed by atoms with Crippen LogP contribution in [0.25, 0.3) is 10.9 Å². The highest BCUT2D eigenvalue weighted by Crippen LogP contribution is 2.46. The van der Waals surface area contributed by atoms with Crippen molar-refractivity contribution in [3.63, 3.8) is 0 Å². The normalized spacial score (nSPS) is 16.4. The van der Waals surface area contributed by atoms with E-state index in [-0.39, 0.29) is 16.8 Å². The number of aromatic nitrogens is 3. The summed E-state index contributed by atoms with van der Waals surface area (Å²) < 4.78 is 38.4. The van der Waals surface area contributed by atoms with Gasteiger partial charge in [0.15, 0.2) is 9.84 Å². The number of pyridine rings is 1. The fourth-order valence-corrected chi connectivity index (χ4v) is 4.39. The zero-order valence-corrected chi connectivity index (χ0v) is 19.1. The number of amides is 1. The van der Waals surface area contributed by atoms with Crippen LogP contribution in [0, 0.1) is 11.7 Å². The minimum absolute atomic E-state index is 0.0909. The second-order valence-corrected chi connectivity index (χ2v) is 10.4. The predicted molar refractivity (Wildman–Crippen MR) is 121 cm³/mol. The van der Waals surface area contributed by atoms with Crippen molar-refractivity contribution >= 4 is 38.2 Å². The standard InChI is InChI=1S/C22H22ClFN4O3S/c1-13(8-9-32(2,30)31)27-22(29)18-10-15-11-26-28(19(15)12-25-18)21(14-6-7-14)16-4-3-5-17(24)20(16)23/h3-5,8-14,21H,6-7H2,1-2H3,(H,27,29)/b9-8+/t13-,21-/m1/s1. The van der Waals surface area contributed by atoms with Crippen LogP contribution >= 0.6 is 11.6 Å². The lowest BCUT2D eigenvalue weighted by Gasteiger charge is -2.20. The highest BCUT2D eigenvalue weighted by atomic mass is 35.5. The van der Waals surface area contributed by atoms with Crippen molar-refractivity contribution in [1.29, 1.82) is 0 Å². The molecule has 168 valence electrons. The Balaban J connectivity index is 1.62. The third-order valence-electron chi connectivity index (χ3n) is 5.32. The third-order valence-corrected chi connectivity index (χ3v) is 6.37. The lowest BCUT2D eigenvalue weighted by molar-refractivity contribution is 0.0942. The number of fused-ring (bicyclic) bond motifs is 1. The molecule has 1 aliphatic rings. The molecule has 1 fully saturated rings. The molecule has 0 aliphatic heterocycles. The molecule has 2 heterocycles. The molecule has 0 bridgehead atoms. The molecule has 4 rings (SSSR count). The van der Waals surface area contributed by atoms with Gasteiger partial charge in [-0.1, -0.05) is 29.8 Å². The largest absolute Gasteiger partial charge is 0.345 e. The molecule has 0 spiro atoms. The maximum atomic E-state index is 14.1. The average molecular weight is 477 g/mol. The van der Waals surface area contributed by atoms with E-state index in [0.29, 0.717) is 22.4 Å². The van der Waals surface area contributed by atoms with Crippen molar-refractivity contribution in [2.75, 3.05) is 6.26 Å². The van der Waals surface area contributed by atoms with Gasteiger partial charge in [0.05, 0.1) is 29.0 Å². The Kier molecular flexibility index (Phi) is 6.05. The molecule has 1 N–H and O–H groups in total. The van der Waals surface area contributed by atoms with Crippen LogP contribution in [0.1, 0.15) is 41.9 Å². The first-order valence-corrected chi connectivity index (χ1v) is 12.4. The highest BCUT2D eigenvalue weighted by molar-refractivity contribution is 7.93. The summed E-state index contributed by atoms with van der Waals surface area (Å²) in [6.45, 7) is 1.67. The maximum Gasteiger partial charge on any atom is 0.270 e. The summed E-state index contributed by atoms with van der Waals surface area (Å²) in [5, 5.41) is 9.05. The average Bonchev–Trinajstić information content (AvgIpc) is 3.48. The topological polar surface area (TPSA) is 94.0 Å². The van der Waals surface area contributed by atoms with Crippen LogP contribution in [0.2, 0.25) is 5.02 Å². The number of carbonyl (C=O) groups is 1. The van der Waals surface area contributed by atoms with Gasteiger partial charge in [0.2, 0.25) is 0 Å². The Hall–Kier alpha value is -2.78. The van der Waals surface area contributed by atoms with Gasteiger partial charge < -0.3 is 5.32 Å². The molecular weight excluding hydrogens is 455 g/mol. The van der Waals surface area contributed by atoms with Gasteiger partial charge in [0.25, 0.3) is 5.91 Å². The van der Waals surface area contributed by atoms with Crippen LogP contribution in [0.4, 0.5) is 4.39 Å². The molecule has 0 saturated heterocycles. The zero-order chi connectivity index (χ0) is 23.0. The monoisotopic (exact) mass is 476 g/mol. The Morgan fingerprint density at radius 1 is 1.34 bits per heavy atom. The number of nitrogens with zero attached hydrogens (tertiary/aromatic N) is 3. The van der Waals surface area contributed by atoms with Crippen LogP contribution < -0.4 is 5.32 Å². The third kappa shape index (κ3) is 4.83. The molecule has 3 aromatic rings. The molecule has 10 heteroatoms. The quantitative estimate of drug-likeness (QED) is 0.558. The number of hydrogen-bond acceptors (Lipinski definition) is 5. The van der Waals surface area contributed by atoms with Crippen LogP contribution in [0.5, 0.6) is 0 Å². The van der Waals surface area contributed by atoms with Gasteiger partial charge in [0.1, 0.15) is 11.5 Å². The summed E-state index contributed by atoms with van der Waals surface area (Å²) in [5.41, 5.74) is 1.57. The van der Waals surface area contributed by atoms with Gasteiger partial charge >= 0.3 is 0 Å². The van der Waals surface area contributed by atoms with Crippen molar-refractivity contribution in [2.45, 2.75) is 31.8 Å². The molecular formula is C22H22ClFN4O3S. The summed E-state index contributed by atoms with van der Waals surface area (Å²) >= 11 is 6.27. The summed E-state index contributed by atoms with van der Waals surface area (Å²) in [6.07, 6.45) is 7.67. The molecule has 2 aromatic heterocycles. The lowest BCUT2D eigenvalue weighted by atomic mass is 10.0. The Labute approximate surface area is 190 Å². The Morgan fingerprint density at radius 3 is 2.78 bits per heavy atom. The minimum atomic E-state index is -3.28. The van der Waals surface area contributed by atoms with E-state index in [0.717, 1.165) is 24.5 Å². The van der Waals surface area contributed by atoms with E-state index in [1.807, 2.05) is 6.07 Å². The summed E-state index contributed by atoms with van der Waals surface area (Å²) in [7, 11) is -3.28. The van der Waals surface area contributed by atoms with E-state index >= 15 is 0 Å². The van der Waals surface area contributed by atoms with E-state index in [9.17, 15) is 17.6 Å².